The average Bonchev–Trinajstić information content (AvgIpc) is 3.55. The monoisotopic (exact) mass is 825 g/mol. The van der Waals surface area contributed by atoms with Crippen molar-refractivity contribution in [1.29, 1.82) is 0 Å². The first kappa shape index (κ1) is 40.0. The summed E-state index contributed by atoms with van der Waals surface area (Å²) in [4.78, 5) is 35.8. The lowest BCUT2D eigenvalue weighted by Crippen LogP contribution is -2.49. The number of hydrogen-bond donors (Lipinski definition) is 2. The van der Waals surface area contributed by atoms with E-state index < -0.39 is 27.8 Å². The molecule has 3 aliphatic rings. The van der Waals surface area contributed by atoms with E-state index in [1.165, 1.54) is 14.8 Å². The van der Waals surface area contributed by atoms with Crippen LogP contribution in [0.4, 0.5) is 29.7 Å². The molecular weight excluding hydrogens is 784 g/mol. The van der Waals surface area contributed by atoms with Crippen LogP contribution in [0.2, 0.25) is 0 Å². The minimum atomic E-state index is -4.52. The van der Waals surface area contributed by atoms with Gasteiger partial charge in [0, 0.05) is 74.6 Å². The van der Waals surface area contributed by atoms with E-state index in [0.717, 1.165) is 66.9 Å². The van der Waals surface area contributed by atoms with E-state index >= 15 is 0 Å². The number of carbonyl (C=O) groups excluding carboxylic acids is 2. The van der Waals surface area contributed by atoms with Crippen LogP contribution in [0.5, 0.6) is 0 Å². The van der Waals surface area contributed by atoms with E-state index in [1.807, 2.05) is 25.2 Å². The van der Waals surface area contributed by atoms with Gasteiger partial charge in [0.15, 0.2) is 5.82 Å². The molecule has 306 valence electrons. The Morgan fingerprint density at radius 1 is 0.864 bits per heavy atom. The number of halogens is 3. The molecule has 59 heavy (non-hydrogen) atoms. The minimum absolute atomic E-state index is 0.0671. The molecule has 0 radical (unpaired) electrons. The van der Waals surface area contributed by atoms with Crippen molar-refractivity contribution in [2.45, 2.75) is 61.7 Å². The first-order valence-electron chi connectivity index (χ1n) is 19.5. The van der Waals surface area contributed by atoms with Gasteiger partial charge in [-0.3, -0.25) is 24.6 Å². The summed E-state index contributed by atoms with van der Waals surface area (Å²) in [5.74, 6) is 7.08. The minimum Gasteiger partial charge on any atom is -0.351 e. The van der Waals surface area contributed by atoms with Crippen LogP contribution in [0, 0.1) is 11.8 Å². The number of rotatable bonds is 8. The molecule has 5 heterocycles. The van der Waals surface area contributed by atoms with Crippen molar-refractivity contribution in [3.05, 3.63) is 107 Å². The third-order valence-corrected chi connectivity index (χ3v) is 13.0. The highest BCUT2D eigenvalue weighted by Crippen LogP contribution is 2.34. The Bertz CT molecular complexity index is 2550. The lowest BCUT2D eigenvalue weighted by atomic mass is 9.88. The normalized spacial score (nSPS) is 17.8. The van der Waals surface area contributed by atoms with E-state index in [4.69, 9.17) is 0 Å². The first-order valence-corrected chi connectivity index (χ1v) is 20.9. The predicted molar refractivity (Wildman–Crippen MR) is 215 cm³/mol. The summed E-state index contributed by atoms with van der Waals surface area (Å²) in [5, 5.41) is 10.9. The number of carbonyl (C=O) groups is 2. The van der Waals surface area contributed by atoms with Gasteiger partial charge in [0.05, 0.1) is 16.0 Å². The lowest BCUT2D eigenvalue weighted by Gasteiger charge is -2.32. The van der Waals surface area contributed by atoms with Crippen LogP contribution >= 0.6 is 0 Å². The molecule has 3 aromatic carbocycles. The van der Waals surface area contributed by atoms with Crippen LogP contribution < -0.4 is 15.5 Å². The SMILES string of the molecule is Cn1nc(N2CCC(=O)NC2=O)c2ccc(C3CCN(Cc4cccc(C#Cc5cccc(S(=O)(=O)N6CCC(Nc7ncc(C(F)(F)F)cn7)CC6)c5)c4)CC3)cc21. The molecule has 0 bridgehead atoms. The number of benzene rings is 3. The quantitative estimate of drug-likeness (QED) is 0.184. The molecule has 5 aromatic rings. The fourth-order valence-corrected chi connectivity index (χ4v) is 9.42. The highest BCUT2D eigenvalue weighted by atomic mass is 32.2. The van der Waals surface area contributed by atoms with Gasteiger partial charge in [-0.1, -0.05) is 36.1 Å². The molecule has 13 nitrogen and oxygen atoms in total. The number of likely N-dealkylation sites (tertiary alicyclic amines) is 1. The highest BCUT2D eigenvalue weighted by molar-refractivity contribution is 7.89. The van der Waals surface area contributed by atoms with Gasteiger partial charge in [-0.2, -0.15) is 22.6 Å². The highest BCUT2D eigenvalue weighted by Gasteiger charge is 2.33. The van der Waals surface area contributed by atoms with E-state index in [-0.39, 0.29) is 42.3 Å². The molecule has 2 aromatic heterocycles. The zero-order valence-electron chi connectivity index (χ0n) is 32.2. The Morgan fingerprint density at radius 2 is 1.56 bits per heavy atom. The van der Waals surface area contributed by atoms with Gasteiger partial charge >= 0.3 is 12.2 Å². The number of aromatic nitrogens is 4. The van der Waals surface area contributed by atoms with Crippen molar-refractivity contribution in [1.82, 2.24) is 34.3 Å². The molecule has 3 saturated heterocycles. The third kappa shape index (κ3) is 8.94. The largest absolute Gasteiger partial charge is 0.419 e. The number of anilines is 2. The van der Waals surface area contributed by atoms with E-state index in [1.54, 1.807) is 28.9 Å². The number of alkyl halides is 3. The Labute approximate surface area is 339 Å². The molecule has 0 spiro atoms. The molecule has 8 rings (SSSR count). The number of sulfonamides is 1. The molecule has 0 unspecified atom stereocenters. The van der Waals surface area contributed by atoms with Crippen molar-refractivity contribution in [2.24, 2.45) is 7.05 Å². The molecule has 3 fully saturated rings. The van der Waals surface area contributed by atoms with Crippen LogP contribution in [0.25, 0.3) is 10.9 Å². The van der Waals surface area contributed by atoms with Gasteiger partial charge in [0.2, 0.25) is 21.9 Å². The molecular formula is C42H42F3N9O4S. The van der Waals surface area contributed by atoms with E-state index in [9.17, 15) is 31.2 Å². The Hall–Kier alpha value is -5.83. The summed E-state index contributed by atoms with van der Waals surface area (Å²) < 4.78 is 68.9. The molecule has 3 amide bonds. The lowest BCUT2D eigenvalue weighted by molar-refractivity contribution is -0.138. The molecule has 0 aliphatic carbocycles. The smallest absolute Gasteiger partial charge is 0.351 e. The van der Waals surface area contributed by atoms with Crippen LogP contribution in [0.3, 0.4) is 0 Å². The van der Waals surface area contributed by atoms with E-state index in [2.05, 4.69) is 66.7 Å². The molecule has 0 saturated carbocycles. The third-order valence-electron chi connectivity index (χ3n) is 11.1. The van der Waals surface area contributed by atoms with Crippen molar-refractivity contribution in [2.75, 3.05) is 42.9 Å². The van der Waals surface area contributed by atoms with Crippen LogP contribution in [-0.2, 0) is 34.6 Å². The van der Waals surface area contributed by atoms with Crippen molar-refractivity contribution in [3.8, 4) is 11.8 Å². The second-order valence-electron chi connectivity index (χ2n) is 15.1. The molecule has 2 N–H and O–H groups in total. The topological polar surface area (TPSA) is 146 Å². The van der Waals surface area contributed by atoms with Crippen molar-refractivity contribution >= 4 is 44.6 Å². The van der Waals surface area contributed by atoms with Crippen molar-refractivity contribution < 1.29 is 31.2 Å². The zero-order chi connectivity index (χ0) is 41.3. The first-order chi connectivity index (χ1) is 28.3. The second kappa shape index (κ2) is 16.4. The summed E-state index contributed by atoms with van der Waals surface area (Å²) in [5.41, 5.74) is 3.79. The van der Waals surface area contributed by atoms with Crippen LogP contribution in [0.1, 0.15) is 65.8 Å². The predicted octanol–water partition coefficient (Wildman–Crippen LogP) is 5.87. The summed E-state index contributed by atoms with van der Waals surface area (Å²) in [7, 11) is -1.93. The Kier molecular flexibility index (Phi) is 11.1. The standard InChI is InChI=1S/C42H42F3N9O4S/c1-51-37-24-32(10-11-36(37)39(50-51)54-21-16-38(55)49-41(54)56)31-12-17-52(18-13-31)27-30-6-2-4-28(22-30)8-9-29-5-3-7-35(23-29)59(57,58)53-19-14-34(15-20-53)48-40-46-25-33(26-47-40)42(43,44)45/h2-7,10-11,22-26,31,34H,12-21,27H2,1H3,(H,46,47,48)(H,49,55,56). The van der Waals surface area contributed by atoms with Gasteiger partial charge in [-0.15, -0.1) is 0 Å². The summed E-state index contributed by atoms with van der Waals surface area (Å²) in [6.07, 6.45) is 0.0413. The van der Waals surface area contributed by atoms with Crippen LogP contribution in [0.15, 0.2) is 84.0 Å². The number of fused-ring (bicyclic) bond motifs is 1. The van der Waals surface area contributed by atoms with Gasteiger partial charge < -0.3 is 5.32 Å². The fraction of sp³-hybridized carbons (Fsp3) is 0.357. The van der Waals surface area contributed by atoms with Gasteiger partial charge in [0.1, 0.15) is 0 Å². The Morgan fingerprint density at radius 3 is 2.25 bits per heavy atom. The maximum absolute atomic E-state index is 13.6. The number of hydrogen-bond acceptors (Lipinski definition) is 9. The summed E-state index contributed by atoms with van der Waals surface area (Å²) in [6, 6.07) is 20.4. The number of amides is 3. The second-order valence-corrected chi connectivity index (χ2v) is 17.1. The van der Waals surface area contributed by atoms with Crippen molar-refractivity contribution in [3.63, 3.8) is 0 Å². The van der Waals surface area contributed by atoms with Gasteiger partial charge in [0.25, 0.3) is 0 Å². The van der Waals surface area contributed by atoms with Crippen LogP contribution in [-0.4, -0.2) is 88.1 Å². The molecule has 17 heteroatoms. The average molecular weight is 826 g/mol. The number of urea groups is 1. The van der Waals surface area contributed by atoms with Gasteiger partial charge in [-0.25, -0.2) is 23.2 Å². The summed E-state index contributed by atoms with van der Waals surface area (Å²) in [6.45, 7) is 3.41. The summed E-state index contributed by atoms with van der Waals surface area (Å²) >= 11 is 0. The fourth-order valence-electron chi connectivity index (χ4n) is 7.90. The zero-order valence-corrected chi connectivity index (χ0v) is 33.1. The molecule has 3 aliphatic heterocycles. The van der Waals surface area contributed by atoms with E-state index in [0.29, 0.717) is 36.7 Å². The maximum atomic E-state index is 13.6. The number of aryl methyl sites for hydroxylation is 1. The molecule has 0 atom stereocenters. The number of nitrogens with one attached hydrogen (secondary N) is 2. The number of imide groups is 1. The number of piperidine rings is 2. The number of nitrogens with zero attached hydrogens (tertiary/aromatic N) is 7. The van der Waals surface area contributed by atoms with Gasteiger partial charge in [-0.05, 0) is 98.3 Å². The maximum Gasteiger partial charge on any atom is 0.419 e. The Balaban J connectivity index is 0.847.